The van der Waals surface area contributed by atoms with Crippen LogP contribution in [0.5, 0.6) is 0 Å². The molecule has 3 heteroatoms. The number of carbonyl (C=O) groups is 1. The number of rotatable bonds is 5. The maximum atomic E-state index is 10.7. The lowest BCUT2D eigenvalue weighted by molar-refractivity contribution is -0.141. The lowest BCUT2D eigenvalue weighted by Gasteiger charge is -2.17. The molecule has 0 saturated heterocycles. The second-order valence-corrected chi connectivity index (χ2v) is 4.25. The van der Waals surface area contributed by atoms with Crippen LogP contribution in [0.25, 0.3) is 0 Å². The Labute approximate surface area is 80.4 Å². The van der Waals surface area contributed by atoms with E-state index < -0.39 is 0 Å². The lowest BCUT2D eigenvalue weighted by Crippen LogP contribution is -2.11. The van der Waals surface area contributed by atoms with Crippen molar-refractivity contribution in [3.63, 3.8) is 0 Å². The minimum absolute atomic E-state index is 0.212. The van der Waals surface area contributed by atoms with Gasteiger partial charge in [-0.15, -0.1) is 0 Å². The number of hydrogen-bond donors (Lipinski definition) is 0. The Kier molecular flexibility index (Phi) is 5.71. The van der Waals surface area contributed by atoms with Gasteiger partial charge < -0.3 is 9.47 Å². The first kappa shape index (κ1) is 12.4. The molecule has 0 aromatic heterocycles. The Morgan fingerprint density at radius 2 is 1.85 bits per heavy atom. The highest BCUT2D eigenvalue weighted by atomic mass is 16.5. The van der Waals surface area contributed by atoms with Crippen molar-refractivity contribution in [1.82, 2.24) is 0 Å². The van der Waals surface area contributed by atoms with Crippen LogP contribution < -0.4 is 0 Å². The van der Waals surface area contributed by atoms with Crippen molar-refractivity contribution in [3.8, 4) is 0 Å². The van der Waals surface area contributed by atoms with Gasteiger partial charge in [0.15, 0.2) is 0 Å². The Morgan fingerprint density at radius 3 is 2.31 bits per heavy atom. The third-order valence-electron chi connectivity index (χ3n) is 1.67. The summed E-state index contributed by atoms with van der Waals surface area (Å²) in [7, 11) is 1.39. The first-order valence-electron chi connectivity index (χ1n) is 4.60. The van der Waals surface area contributed by atoms with Gasteiger partial charge in [0.2, 0.25) is 0 Å². The topological polar surface area (TPSA) is 35.5 Å². The average molecular weight is 188 g/mol. The Morgan fingerprint density at radius 1 is 1.23 bits per heavy atom. The van der Waals surface area contributed by atoms with Gasteiger partial charge in [0.1, 0.15) is 0 Å². The molecule has 0 saturated carbocycles. The predicted molar refractivity (Wildman–Crippen MR) is 51.5 cm³/mol. The van der Waals surface area contributed by atoms with Gasteiger partial charge in [-0.3, -0.25) is 4.79 Å². The molecular formula is C10H20O3. The van der Waals surface area contributed by atoms with Crippen LogP contribution in [0.1, 0.15) is 33.6 Å². The summed E-state index contributed by atoms with van der Waals surface area (Å²) in [5.74, 6) is -0.212. The van der Waals surface area contributed by atoms with Gasteiger partial charge in [0, 0.05) is 6.61 Å². The van der Waals surface area contributed by atoms with E-state index in [-0.39, 0.29) is 5.97 Å². The Bertz CT molecular complexity index is 147. The van der Waals surface area contributed by atoms with E-state index in [1.54, 1.807) is 0 Å². The highest BCUT2D eigenvalue weighted by Crippen LogP contribution is 2.17. The molecular weight excluding hydrogens is 168 g/mol. The summed E-state index contributed by atoms with van der Waals surface area (Å²) in [6.45, 7) is 7.66. The van der Waals surface area contributed by atoms with E-state index in [9.17, 15) is 4.79 Å². The largest absolute Gasteiger partial charge is 0.469 e. The van der Waals surface area contributed by atoms with Gasteiger partial charge in [-0.1, -0.05) is 20.8 Å². The number of hydrogen-bond acceptors (Lipinski definition) is 3. The van der Waals surface area contributed by atoms with Crippen LogP contribution in [0.4, 0.5) is 0 Å². The van der Waals surface area contributed by atoms with Gasteiger partial charge >= 0.3 is 5.97 Å². The molecule has 0 fully saturated rings. The van der Waals surface area contributed by atoms with Gasteiger partial charge in [-0.25, -0.2) is 0 Å². The van der Waals surface area contributed by atoms with Crippen LogP contribution in [0, 0.1) is 5.41 Å². The molecule has 0 aliphatic carbocycles. The van der Waals surface area contributed by atoms with Crippen molar-refractivity contribution in [2.45, 2.75) is 33.6 Å². The van der Waals surface area contributed by atoms with E-state index in [1.807, 2.05) is 0 Å². The number of carbonyl (C=O) groups excluding carboxylic acids is 1. The second-order valence-electron chi connectivity index (χ2n) is 4.25. The van der Waals surface area contributed by atoms with E-state index >= 15 is 0 Å². The summed E-state index contributed by atoms with van der Waals surface area (Å²) in [5, 5.41) is 0. The number of ether oxygens (including phenoxy) is 2. The minimum atomic E-state index is -0.212. The first-order valence-corrected chi connectivity index (χ1v) is 4.60. The second kappa shape index (κ2) is 5.97. The molecule has 13 heavy (non-hydrogen) atoms. The summed E-state index contributed by atoms with van der Waals surface area (Å²) in [6, 6.07) is 0. The van der Waals surface area contributed by atoms with Gasteiger partial charge in [0.25, 0.3) is 0 Å². The van der Waals surface area contributed by atoms with Crippen molar-refractivity contribution in [2.24, 2.45) is 5.41 Å². The van der Waals surface area contributed by atoms with Crippen LogP contribution in [-0.2, 0) is 14.3 Å². The lowest BCUT2D eigenvalue weighted by atomic mass is 9.93. The van der Waals surface area contributed by atoms with Crippen LogP contribution in [0.2, 0.25) is 0 Å². The molecule has 0 rings (SSSR count). The van der Waals surface area contributed by atoms with Crippen molar-refractivity contribution in [3.05, 3.63) is 0 Å². The van der Waals surface area contributed by atoms with Crippen LogP contribution in [0.15, 0.2) is 0 Å². The molecule has 78 valence electrons. The first-order chi connectivity index (χ1) is 5.95. The van der Waals surface area contributed by atoms with Crippen molar-refractivity contribution >= 4 is 5.97 Å². The molecule has 0 N–H and O–H groups in total. The van der Waals surface area contributed by atoms with Crippen LogP contribution in [0.3, 0.4) is 0 Å². The molecule has 0 aliphatic heterocycles. The molecule has 3 nitrogen and oxygen atoms in total. The van der Waals surface area contributed by atoms with Crippen molar-refractivity contribution in [2.75, 3.05) is 20.3 Å². The fourth-order valence-electron chi connectivity index (χ4n) is 0.738. The molecule has 0 aliphatic rings. The number of esters is 1. The predicted octanol–water partition coefficient (Wildman–Crippen LogP) is 2.00. The van der Waals surface area contributed by atoms with Crippen molar-refractivity contribution < 1.29 is 14.3 Å². The summed E-state index contributed by atoms with van der Waals surface area (Å²) < 4.78 is 9.76. The molecule has 0 spiro atoms. The van der Waals surface area contributed by atoms with Crippen LogP contribution in [-0.4, -0.2) is 26.3 Å². The fourth-order valence-corrected chi connectivity index (χ4v) is 0.738. The summed E-state index contributed by atoms with van der Waals surface area (Å²) in [5.41, 5.74) is 0.297. The van der Waals surface area contributed by atoms with E-state index in [4.69, 9.17) is 4.74 Å². The van der Waals surface area contributed by atoms with Gasteiger partial charge in [0.05, 0.1) is 20.1 Å². The summed E-state index contributed by atoms with van der Waals surface area (Å²) in [4.78, 5) is 10.7. The number of methoxy groups -OCH3 is 1. The summed E-state index contributed by atoms with van der Waals surface area (Å²) in [6.07, 6.45) is 1.36. The quantitative estimate of drug-likeness (QED) is 0.489. The van der Waals surface area contributed by atoms with E-state index in [0.29, 0.717) is 25.0 Å². The molecule has 0 aromatic carbocycles. The molecule has 0 bridgehead atoms. The zero-order valence-electron chi connectivity index (χ0n) is 9.05. The normalized spacial score (nSPS) is 11.4. The third-order valence-corrected chi connectivity index (χ3v) is 1.67. The molecule has 0 amide bonds. The van der Waals surface area contributed by atoms with Gasteiger partial charge in [-0.05, 0) is 11.8 Å². The molecule has 0 radical (unpaired) electrons. The molecule has 0 atom stereocenters. The smallest absolute Gasteiger partial charge is 0.307 e. The van der Waals surface area contributed by atoms with Gasteiger partial charge in [-0.2, -0.15) is 0 Å². The zero-order valence-corrected chi connectivity index (χ0v) is 9.05. The van der Waals surface area contributed by atoms with Crippen LogP contribution >= 0.6 is 0 Å². The minimum Gasteiger partial charge on any atom is -0.469 e. The average Bonchev–Trinajstić information content (AvgIpc) is 2.01. The Hall–Kier alpha value is -0.570. The maximum Gasteiger partial charge on any atom is 0.307 e. The molecule has 0 aromatic rings. The SMILES string of the molecule is COC(=O)CCOCCC(C)(C)C. The summed E-state index contributed by atoms with van der Waals surface area (Å²) >= 11 is 0. The third kappa shape index (κ3) is 9.34. The standard InChI is InChI=1S/C10H20O3/c1-10(2,3)6-8-13-7-5-9(11)12-4/h5-8H2,1-4H3. The molecule has 0 unspecified atom stereocenters. The van der Waals surface area contributed by atoms with E-state index in [1.165, 1.54) is 7.11 Å². The van der Waals surface area contributed by atoms with E-state index in [2.05, 4.69) is 25.5 Å². The fraction of sp³-hybridized carbons (Fsp3) is 0.900. The Balaban J connectivity index is 3.22. The highest BCUT2D eigenvalue weighted by Gasteiger charge is 2.09. The monoisotopic (exact) mass is 188 g/mol. The maximum absolute atomic E-state index is 10.7. The molecule has 0 heterocycles. The van der Waals surface area contributed by atoms with Crippen molar-refractivity contribution in [1.29, 1.82) is 0 Å². The highest BCUT2D eigenvalue weighted by molar-refractivity contribution is 5.69. The van der Waals surface area contributed by atoms with E-state index in [0.717, 1.165) is 6.42 Å². The zero-order chi connectivity index (χ0) is 10.3.